The van der Waals surface area contributed by atoms with Gasteiger partial charge in [-0.05, 0) is 50.8 Å². The molecule has 25 heavy (non-hydrogen) atoms. The van der Waals surface area contributed by atoms with E-state index in [9.17, 15) is 9.90 Å². The normalized spacial score (nSPS) is 20.2. The van der Waals surface area contributed by atoms with Crippen molar-refractivity contribution in [3.05, 3.63) is 35.9 Å². The van der Waals surface area contributed by atoms with Crippen molar-refractivity contribution in [2.24, 2.45) is 5.41 Å². The summed E-state index contributed by atoms with van der Waals surface area (Å²) in [7, 11) is 1.80. The molecule has 5 heteroatoms. The van der Waals surface area contributed by atoms with E-state index in [2.05, 4.69) is 10.2 Å². The molecule has 0 radical (unpaired) electrons. The molecule has 2 fully saturated rings. The highest BCUT2D eigenvalue weighted by Gasteiger charge is 2.44. The van der Waals surface area contributed by atoms with Crippen LogP contribution in [0.15, 0.2) is 30.3 Å². The summed E-state index contributed by atoms with van der Waals surface area (Å²) in [4.78, 5) is 16.5. The van der Waals surface area contributed by atoms with Gasteiger partial charge >= 0.3 is 6.03 Å². The molecule has 1 atom stereocenters. The largest absolute Gasteiger partial charge is 0.388 e. The van der Waals surface area contributed by atoms with Crippen LogP contribution in [0, 0.1) is 5.41 Å². The highest BCUT2D eigenvalue weighted by molar-refractivity contribution is 5.73. The van der Waals surface area contributed by atoms with Crippen molar-refractivity contribution in [2.45, 2.75) is 38.2 Å². The van der Waals surface area contributed by atoms with Crippen molar-refractivity contribution < 1.29 is 9.90 Å². The number of likely N-dealkylation sites (tertiary alicyclic amines) is 1. The van der Waals surface area contributed by atoms with Crippen LogP contribution < -0.4 is 5.32 Å². The van der Waals surface area contributed by atoms with Crippen molar-refractivity contribution in [1.29, 1.82) is 0 Å². The summed E-state index contributed by atoms with van der Waals surface area (Å²) in [5, 5.41) is 13.3. The summed E-state index contributed by atoms with van der Waals surface area (Å²) in [6.07, 6.45) is 5.10. The Morgan fingerprint density at radius 3 is 2.60 bits per heavy atom. The molecule has 5 nitrogen and oxygen atoms in total. The number of hydrogen-bond acceptors (Lipinski definition) is 3. The van der Waals surface area contributed by atoms with E-state index in [1.54, 1.807) is 11.9 Å². The molecule has 138 valence electrons. The molecule has 1 heterocycles. The summed E-state index contributed by atoms with van der Waals surface area (Å²) in [5.41, 5.74) is 1.21. The lowest BCUT2D eigenvalue weighted by Gasteiger charge is -2.25. The monoisotopic (exact) mass is 345 g/mol. The van der Waals surface area contributed by atoms with Crippen molar-refractivity contribution in [2.75, 3.05) is 39.8 Å². The lowest BCUT2D eigenvalue weighted by atomic mass is 10.1. The fraction of sp³-hybridized carbons (Fsp3) is 0.650. The lowest BCUT2D eigenvalue weighted by molar-refractivity contribution is 0.149. The topological polar surface area (TPSA) is 55.8 Å². The number of hydrogen-bond donors (Lipinski definition) is 2. The third-order valence-electron chi connectivity index (χ3n) is 5.60. The molecule has 2 amide bonds. The van der Waals surface area contributed by atoms with Gasteiger partial charge in [0, 0.05) is 32.1 Å². The van der Waals surface area contributed by atoms with Gasteiger partial charge in [0.2, 0.25) is 0 Å². The van der Waals surface area contributed by atoms with E-state index >= 15 is 0 Å². The molecule has 0 unspecified atom stereocenters. The minimum Gasteiger partial charge on any atom is -0.388 e. The van der Waals surface area contributed by atoms with Crippen LogP contribution in [0.5, 0.6) is 0 Å². The Morgan fingerprint density at radius 2 is 1.96 bits per heavy atom. The standard InChI is InChI=1S/C20H31N3O2/c1-22(14-9-18(24)17-7-3-2-4-8-17)19(25)21-15-20(10-11-20)16-23-12-5-6-13-23/h2-4,7-8,18,24H,5-6,9-16H2,1H3,(H,21,25)/t18-/m0/s1. The molecular weight excluding hydrogens is 314 g/mol. The van der Waals surface area contributed by atoms with Crippen molar-refractivity contribution in [3.63, 3.8) is 0 Å². The molecule has 1 aliphatic carbocycles. The van der Waals surface area contributed by atoms with Crippen LogP contribution in [0.3, 0.4) is 0 Å². The lowest BCUT2D eigenvalue weighted by Crippen LogP contribution is -2.43. The van der Waals surface area contributed by atoms with Crippen molar-refractivity contribution in [3.8, 4) is 0 Å². The second-order valence-corrected chi connectivity index (χ2v) is 7.78. The quantitative estimate of drug-likeness (QED) is 0.761. The number of aliphatic hydroxyl groups excluding tert-OH is 1. The summed E-state index contributed by atoms with van der Waals surface area (Å²) >= 11 is 0. The molecule has 1 aromatic carbocycles. The maximum absolute atomic E-state index is 12.3. The van der Waals surface area contributed by atoms with E-state index in [0.717, 1.165) is 18.7 Å². The zero-order chi connectivity index (χ0) is 17.7. The summed E-state index contributed by atoms with van der Waals surface area (Å²) in [6.45, 7) is 4.87. The van der Waals surface area contributed by atoms with Crippen LogP contribution in [-0.2, 0) is 0 Å². The highest BCUT2D eigenvalue weighted by Crippen LogP contribution is 2.46. The van der Waals surface area contributed by atoms with E-state index in [-0.39, 0.29) is 6.03 Å². The first-order valence-corrected chi connectivity index (χ1v) is 9.52. The number of nitrogens with one attached hydrogen (secondary N) is 1. The Hall–Kier alpha value is -1.59. The van der Waals surface area contributed by atoms with E-state index < -0.39 is 6.10 Å². The molecule has 1 saturated carbocycles. The average molecular weight is 345 g/mol. The minimum absolute atomic E-state index is 0.0343. The SMILES string of the molecule is CN(CC[C@H](O)c1ccccc1)C(=O)NCC1(CN2CCCC2)CC1. The number of amides is 2. The molecule has 1 saturated heterocycles. The minimum atomic E-state index is -0.526. The number of aliphatic hydroxyl groups is 1. The van der Waals surface area contributed by atoms with E-state index in [0.29, 0.717) is 18.4 Å². The third-order valence-corrected chi connectivity index (χ3v) is 5.60. The maximum atomic E-state index is 12.3. The van der Waals surface area contributed by atoms with Crippen LogP contribution in [0.4, 0.5) is 4.79 Å². The van der Waals surface area contributed by atoms with Crippen molar-refractivity contribution >= 4 is 6.03 Å². The number of nitrogens with zero attached hydrogens (tertiary/aromatic N) is 2. The van der Waals surface area contributed by atoms with Gasteiger partial charge in [0.25, 0.3) is 0 Å². The van der Waals surface area contributed by atoms with E-state index in [1.807, 2.05) is 30.3 Å². The van der Waals surface area contributed by atoms with Gasteiger partial charge in [-0.1, -0.05) is 30.3 Å². The Morgan fingerprint density at radius 1 is 1.28 bits per heavy atom. The zero-order valence-electron chi connectivity index (χ0n) is 15.3. The fourth-order valence-corrected chi connectivity index (χ4v) is 3.64. The zero-order valence-corrected chi connectivity index (χ0v) is 15.3. The van der Waals surface area contributed by atoms with E-state index in [4.69, 9.17) is 0 Å². The van der Waals surface area contributed by atoms with Crippen LogP contribution in [0.25, 0.3) is 0 Å². The summed E-state index contributed by atoms with van der Waals surface area (Å²) < 4.78 is 0. The van der Waals surface area contributed by atoms with Gasteiger partial charge in [-0.3, -0.25) is 0 Å². The van der Waals surface area contributed by atoms with Gasteiger partial charge in [0.15, 0.2) is 0 Å². The van der Waals surface area contributed by atoms with Gasteiger partial charge in [0.05, 0.1) is 6.10 Å². The van der Waals surface area contributed by atoms with Gasteiger partial charge in [-0.2, -0.15) is 0 Å². The molecular formula is C20H31N3O2. The first-order chi connectivity index (χ1) is 12.1. The second-order valence-electron chi connectivity index (χ2n) is 7.78. The second kappa shape index (κ2) is 8.19. The van der Waals surface area contributed by atoms with Crippen LogP contribution in [0.2, 0.25) is 0 Å². The summed E-state index contributed by atoms with van der Waals surface area (Å²) in [5.74, 6) is 0. The third kappa shape index (κ3) is 5.19. The predicted octanol–water partition coefficient (Wildman–Crippen LogP) is 2.63. The molecule has 3 rings (SSSR count). The molecule has 0 aromatic heterocycles. The number of carbonyl (C=O) groups is 1. The first kappa shape index (κ1) is 18.2. The highest BCUT2D eigenvalue weighted by atomic mass is 16.3. The number of benzene rings is 1. The molecule has 0 bridgehead atoms. The Bertz CT molecular complexity index is 553. The number of urea groups is 1. The van der Waals surface area contributed by atoms with Crippen molar-refractivity contribution in [1.82, 2.24) is 15.1 Å². The fourth-order valence-electron chi connectivity index (χ4n) is 3.64. The maximum Gasteiger partial charge on any atom is 0.317 e. The van der Waals surface area contributed by atoms with Crippen LogP contribution >= 0.6 is 0 Å². The van der Waals surface area contributed by atoms with Crippen LogP contribution in [0.1, 0.15) is 43.8 Å². The summed E-state index contributed by atoms with van der Waals surface area (Å²) in [6, 6.07) is 9.58. The number of rotatable bonds is 8. The van der Waals surface area contributed by atoms with E-state index in [1.165, 1.54) is 38.8 Å². The smallest absolute Gasteiger partial charge is 0.317 e. The molecule has 0 spiro atoms. The number of carbonyl (C=O) groups excluding carboxylic acids is 1. The first-order valence-electron chi connectivity index (χ1n) is 9.52. The van der Waals surface area contributed by atoms with Gasteiger partial charge < -0.3 is 20.2 Å². The predicted molar refractivity (Wildman–Crippen MR) is 99.4 cm³/mol. The Kier molecular flexibility index (Phi) is 5.97. The van der Waals surface area contributed by atoms with Gasteiger partial charge in [-0.25, -0.2) is 4.79 Å². The Labute approximate surface area is 151 Å². The molecule has 1 aromatic rings. The van der Waals surface area contributed by atoms with Gasteiger partial charge in [0.1, 0.15) is 0 Å². The van der Waals surface area contributed by atoms with Crippen LogP contribution in [-0.4, -0.2) is 60.7 Å². The molecule has 2 N–H and O–H groups in total. The van der Waals surface area contributed by atoms with Gasteiger partial charge in [-0.15, -0.1) is 0 Å². The molecule has 2 aliphatic rings. The average Bonchev–Trinajstić information content (AvgIpc) is 3.21. The molecule has 1 aliphatic heterocycles. The Balaban J connectivity index is 1.37.